The van der Waals surface area contributed by atoms with E-state index in [1.54, 1.807) is 19.1 Å². The van der Waals surface area contributed by atoms with Gasteiger partial charge in [0.15, 0.2) is 0 Å². The van der Waals surface area contributed by atoms with Gasteiger partial charge in [-0.05, 0) is 12.1 Å². The molecule has 0 spiro atoms. The average Bonchev–Trinajstić information content (AvgIpc) is 2.35. The Bertz CT molecular complexity index is 282. The molecule has 0 aromatic carbocycles. The van der Waals surface area contributed by atoms with Crippen molar-refractivity contribution in [3.05, 3.63) is 23.0 Å². The fraction of sp³-hybridized carbons (Fsp3) is 0.375. The van der Waals surface area contributed by atoms with Gasteiger partial charge in [0.25, 0.3) is 0 Å². The molecule has 0 aliphatic heterocycles. The van der Waals surface area contributed by atoms with Gasteiger partial charge in [0.2, 0.25) is 0 Å². The number of rotatable bonds is 3. The van der Waals surface area contributed by atoms with Gasteiger partial charge in [0, 0.05) is 12.1 Å². The number of hydrogen-bond donors (Lipinski definition) is 2. The van der Waals surface area contributed by atoms with Crippen molar-refractivity contribution in [2.45, 2.75) is 13.3 Å². The van der Waals surface area contributed by atoms with Crippen LogP contribution in [0.1, 0.15) is 12.6 Å². The average molecular weight is 188 g/mol. The van der Waals surface area contributed by atoms with Crippen molar-refractivity contribution in [3.8, 4) is 0 Å². The number of carboxylic acid groups (broad SMARTS) is 1. The summed E-state index contributed by atoms with van der Waals surface area (Å²) in [5.74, 6) is -1.17. The van der Waals surface area contributed by atoms with E-state index in [2.05, 4.69) is 4.98 Å². The number of halogens is 1. The standard InChI is InChI=1S/C8H10ClNO2/c1-5(8(11)12)4-6-2-3-7(9)10-6/h2-3,5,10H,4H2,1H3,(H,11,12). The monoisotopic (exact) mass is 187 g/mol. The molecule has 1 unspecified atom stereocenters. The molecule has 1 aromatic heterocycles. The summed E-state index contributed by atoms with van der Waals surface area (Å²) in [7, 11) is 0. The van der Waals surface area contributed by atoms with Crippen molar-refractivity contribution in [2.75, 3.05) is 0 Å². The predicted molar refractivity (Wildman–Crippen MR) is 46.3 cm³/mol. The number of aromatic nitrogens is 1. The molecular weight excluding hydrogens is 178 g/mol. The quantitative estimate of drug-likeness (QED) is 0.760. The van der Waals surface area contributed by atoms with Crippen LogP contribution < -0.4 is 0 Å². The van der Waals surface area contributed by atoms with E-state index < -0.39 is 5.97 Å². The van der Waals surface area contributed by atoms with E-state index in [1.807, 2.05) is 0 Å². The number of carbonyl (C=O) groups is 1. The topological polar surface area (TPSA) is 53.1 Å². The summed E-state index contributed by atoms with van der Waals surface area (Å²) in [6.07, 6.45) is 0.488. The number of carboxylic acids is 1. The summed E-state index contributed by atoms with van der Waals surface area (Å²) in [6.45, 7) is 1.66. The zero-order chi connectivity index (χ0) is 9.14. The van der Waals surface area contributed by atoms with Crippen LogP contribution >= 0.6 is 11.6 Å². The molecule has 66 valence electrons. The van der Waals surface area contributed by atoms with Crippen LogP contribution in [0.4, 0.5) is 0 Å². The number of aliphatic carboxylic acids is 1. The molecule has 1 aromatic rings. The van der Waals surface area contributed by atoms with Gasteiger partial charge in [0.05, 0.1) is 5.92 Å². The van der Waals surface area contributed by atoms with Crippen molar-refractivity contribution in [1.29, 1.82) is 0 Å². The maximum Gasteiger partial charge on any atom is 0.306 e. The predicted octanol–water partition coefficient (Wildman–Crippen LogP) is 1.93. The summed E-state index contributed by atoms with van der Waals surface area (Å²) < 4.78 is 0. The molecule has 0 saturated carbocycles. The van der Waals surface area contributed by atoms with Crippen LogP contribution in [0.2, 0.25) is 5.15 Å². The Morgan fingerprint density at radius 3 is 2.83 bits per heavy atom. The van der Waals surface area contributed by atoms with Crippen LogP contribution in [0.25, 0.3) is 0 Å². The second kappa shape index (κ2) is 3.63. The lowest BCUT2D eigenvalue weighted by atomic mass is 10.1. The molecule has 3 nitrogen and oxygen atoms in total. The van der Waals surface area contributed by atoms with Crippen LogP contribution in [0.3, 0.4) is 0 Å². The van der Waals surface area contributed by atoms with Crippen LogP contribution in [-0.2, 0) is 11.2 Å². The molecule has 0 fully saturated rings. The molecule has 0 bridgehead atoms. The van der Waals surface area contributed by atoms with Crippen molar-refractivity contribution in [3.63, 3.8) is 0 Å². The van der Waals surface area contributed by atoms with Crippen LogP contribution in [-0.4, -0.2) is 16.1 Å². The van der Waals surface area contributed by atoms with Gasteiger partial charge in [-0.2, -0.15) is 0 Å². The van der Waals surface area contributed by atoms with Crippen LogP contribution in [0.15, 0.2) is 12.1 Å². The molecule has 1 rings (SSSR count). The Morgan fingerprint density at radius 2 is 2.42 bits per heavy atom. The third kappa shape index (κ3) is 2.27. The third-order valence-electron chi connectivity index (χ3n) is 1.66. The lowest BCUT2D eigenvalue weighted by Gasteiger charge is -2.02. The van der Waals surface area contributed by atoms with Gasteiger partial charge in [-0.25, -0.2) is 0 Å². The Balaban J connectivity index is 2.58. The summed E-state index contributed by atoms with van der Waals surface area (Å²) in [5.41, 5.74) is 0.856. The molecule has 0 aliphatic rings. The Hall–Kier alpha value is -0.960. The van der Waals surface area contributed by atoms with E-state index in [4.69, 9.17) is 16.7 Å². The summed E-state index contributed by atoms with van der Waals surface area (Å²) in [5, 5.41) is 9.15. The van der Waals surface area contributed by atoms with E-state index in [-0.39, 0.29) is 5.92 Å². The molecule has 0 aliphatic carbocycles. The maximum absolute atomic E-state index is 10.5. The van der Waals surface area contributed by atoms with E-state index in [9.17, 15) is 4.79 Å². The molecule has 0 radical (unpaired) electrons. The second-order valence-electron chi connectivity index (χ2n) is 2.77. The number of hydrogen-bond acceptors (Lipinski definition) is 1. The lowest BCUT2D eigenvalue weighted by molar-refractivity contribution is -0.141. The molecule has 12 heavy (non-hydrogen) atoms. The Kier molecular flexibility index (Phi) is 2.76. The Labute approximate surface area is 75.4 Å². The first-order valence-electron chi connectivity index (χ1n) is 3.66. The highest BCUT2D eigenvalue weighted by Gasteiger charge is 2.11. The smallest absolute Gasteiger partial charge is 0.306 e. The second-order valence-corrected chi connectivity index (χ2v) is 3.18. The van der Waals surface area contributed by atoms with Gasteiger partial charge < -0.3 is 10.1 Å². The summed E-state index contributed by atoms with van der Waals surface area (Å²) in [4.78, 5) is 13.3. The normalized spacial score (nSPS) is 12.8. The largest absolute Gasteiger partial charge is 0.481 e. The van der Waals surface area contributed by atoms with E-state index in [1.165, 1.54) is 0 Å². The van der Waals surface area contributed by atoms with E-state index >= 15 is 0 Å². The van der Waals surface area contributed by atoms with Crippen LogP contribution in [0.5, 0.6) is 0 Å². The fourth-order valence-electron chi connectivity index (χ4n) is 0.947. The zero-order valence-electron chi connectivity index (χ0n) is 6.67. The molecule has 4 heteroatoms. The maximum atomic E-state index is 10.5. The fourth-order valence-corrected chi connectivity index (χ4v) is 1.13. The van der Waals surface area contributed by atoms with Gasteiger partial charge in [-0.15, -0.1) is 0 Å². The van der Waals surface area contributed by atoms with Crippen molar-refractivity contribution in [2.24, 2.45) is 5.92 Å². The summed E-state index contributed by atoms with van der Waals surface area (Å²) in [6, 6.07) is 3.51. The minimum absolute atomic E-state index is 0.375. The van der Waals surface area contributed by atoms with Crippen molar-refractivity contribution >= 4 is 17.6 Å². The van der Waals surface area contributed by atoms with Gasteiger partial charge in [0.1, 0.15) is 5.15 Å². The SMILES string of the molecule is CC(Cc1ccc(Cl)[nH]1)C(=O)O. The summed E-state index contributed by atoms with van der Waals surface area (Å²) >= 11 is 5.62. The molecule has 1 heterocycles. The first-order chi connectivity index (χ1) is 5.59. The highest BCUT2D eigenvalue weighted by molar-refractivity contribution is 6.29. The molecular formula is C8H10ClNO2. The molecule has 0 saturated heterocycles. The van der Waals surface area contributed by atoms with Gasteiger partial charge in [-0.1, -0.05) is 18.5 Å². The first kappa shape index (κ1) is 9.13. The number of aromatic amines is 1. The minimum Gasteiger partial charge on any atom is -0.481 e. The van der Waals surface area contributed by atoms with Crippen molar-refractivity contribution < 1.29 is 9.90 Å². The molecule has 2 N–H and O–H groups in total. The zero-order valence-corrected chi connectivity index (χ0v) is 7.43. The number of H-pyrrole nitrogens is 1. The molecule has 1 atom stereocenters. The number of nitrogens with one attached hydrogen (secondary N) is 1. The Morgan fingerprint density at radius 1 is 1.75 bits per heavy atom. The first-order valence-corrected chi connectivity index (χ1v) is 4.03. The van der Waals surface area contributed by atoms with Gasteiger partial charge in [-0.3, -0.25) is 4.79 Å². The van der Waals surface area contributed by atoms with Gasteiger partial charge >= 0.3 is 5.97 Å². The van der Waals surface area contributed by atoms with Crippen molar-refractivity contribution in [1.82, 2.24) is 4.98 Å². The lowest BCUT2D eigenvalue weighted by Crippen LogP contribution is -2.12. The highest BCUT2D eigenvalue weighted by atomic mass is 35.5. The van der Waals surface area contributed by atoms with Crippen LogP contribution in [0, 0.1) is 5.92 Å². The highest BCUT2D eigenvalue weighted by Crippen LogP contribution is 2.11. The third-order valence-corrected chi connectivity index (χ3v) is 1.88. The molecule has 0 amide bonds. The minimum atomic E-state index is -0.791. The van der Waals surface area contributed by atoms with E-state index in [0.717, 1.165) is 5.69 Å². The van der Waals surface area contributed by atoms with E-state index in [0.29, 0.717) is 11.6 Å².